The lowest BCUT2D eigenvalue weighted by atomic mass is 10.0. The first-order valence-electron chi connectivity index (χ1n) is 4.70. The molecule has 0 atom stereocenters. The zero-order valence-corrected chi connectivity index (χ0v) is 8.13. The van der Waals surface area contributed by atoms with Gasteiger partial charge in [0.25, 0.3) is 5.91 Å². The van der Waals surface area contributed by atoms with Gasteiger partial charge in [0.2, 0.25) is 0 Å². The van der Waals surface area contributed by atoms with Gasteiger partial charge in [-0.15, -0.1) is 10.2 Å². The molecular weight excluding hydrogens is 196 g/mol. The summed E-state index contributed by atoms with van der Waals surface area (Å²) in [5.41, 5.74) is 5.21. The van der Waals surface area contributed by atoms with Crippen molar-refractivity contribution in [3.05, 3.63) is 17.8 Å². The number of primary amides is 1. The Balaban J connectivity index is 2.02. The van der Waals surface area contributed by atoms with E-state index in [0.717, 1.165) is 13.1 Å². The fraction of sp³-hybridized carbons (Fsp3) is 0.444. The zero-order valence-electron chi connectivity index (χ0n) is 8.13. The van der Waals surface area contributed by atoms with Crippen LogP contribution in [0.5, 0.6) is 0 Å². The second-order valence-electron chi connectivity index (χ2n) is 3.59. The van der Waals surface area contributed by atoms with E-state index in [9.17, 15) is 4.79 Å². The molecule has 2 heterocycles. The molecule has 0 saturated carbocycles. The van der Waals surface area contributed by atoms with Crippen LogP contribution in [-0.4, -0.2) is 40.9 Å². The number of aliphatic hydroxyl groups excluding tert-OH is 1. The van der Waals surface area contributed by atoms with Crippen LogP contribution < -0.4 is 10.6 Å². The Morgan fingerprint density at radius 1 is 1.53 bits per heavy atom. The van der Waals surface area contributed by atoms with Crippen LogP contribution in [0.2, 0.25) is 0 Å². The van der Waals surface area contributed by atoms with Gasteiger partial charge < -0.3 is 15.7 Å². The molecule has 1 aliphatic rings. The van der Waals surface area contributed by atoms with Gasteiger partial charge in [0.15, 0.2) is 11.5 Å². The summed E-state index contributed by atoms with van der Waals surface area (Å²) in [6, 6.07) is 3.26. The van der Waals surface area contributed by atoms with Crippen molar-refractivity contribution in [1.29, 1.82) is 0 Å². The van der Waals surface area contributed by atoms with Gasteiger partial charge in [-0.2, -0.15) is 0 Å². The average molecular weight is 208 g/mol. The van der Waals surface area contributed by atoms with Gasteiger partial charge >= 0.3 is 0 Å². The van der Waals surface area contributed by atoms with Gasteiger partial charge in [0.05, 0.1) is 0 Å². The predicted octanol–water partition coefficient (Wildman–Crippen LogP) is -0.996. The summed E-state index contributed by atoms with van der Waals surface area (Å²) in [6.07, 6.45) is 0. The Morgan fingerprint density at radius 3 is 2.73 bits per heavy atom. The quantitative estimate of drug-likeness (QED) is 0.665. The summed E-state index contributed by atoms with van der Waals surface area (Å²) in [5.74, 6) is 0.457. The normalized spacial score (nSPS) is 16.2. The molecule has 1 amide bonds. The van der Waals surface area contributed by atoms with Gasteiger partial charge in [0, 0.05) is 25.6 Å². The number of hydrogen-bond donors (Lipinski definition) is 2. The third kappa shape index (κ3) is 1.89. The number of carbonyl (C=O) groups excluding carboxylic acids is 1. The third-order valence-corrected chi connectivity index (χ3v) is 2.44. The van der Waals surface area contributed by atoms with Gasteiger partial charge in [-0.25, -0.2) is 0 Å². The molecule has 1 aromatic rings. The minimum atomic E-state index is -0.578. The Hall–Kier alpha value is -1.69. The first-order valence-corrected chi connectivity index (χ1v) is 4.70. The number of aromatic nitrogens is 2. The molecule has 2 rings (SSSR count). The van der Waals surface area contributed by atoms with Crippen LogP contribution in [0.3, 0.4) is 0 Å². The van der Waals surface area contributed by atoms with Crippen LogP contribution in [-0.2, 0) is 0 Å². The molecule has 80 valence electrons. The lowest BCUT2D eigenvalue weighted by Gasteiger charge is -2.38. The molecule has 0 aliphatic carbocycles. The van der Waals surface area contributed by atoms with Crippen molar-refractivity contribution in [3.8, 4) is 0 Å². The number of nitrogens with zero attached hydrogens (tertiary/aromatic N) is 3. The molecule has 15 heavy (non-hydrogen) atoms. The maximum absolute atomic E-state index is 10.7. The Labute approximate surface area is 86.7 Å². The molecule has 6 heteroatoms. The highest BCUT2D eigenvalue weighted by atomic mass is 16.3. The van der Waals surface area contributed by atoms with Crippen molar-refractivity contribution in [2.24, 2.45) is 11.7 Å². The topological polar surface area (TPSA) is 92.3 Å². The fourth-order valence-corrected chi connectivity index (χ4v) is 1.50. The predicted molar refractivity (Wildman–Crippen MR) is 53.3 cm³/mol. The standard InChI is InChI=1S/C9H12N4O2/c10-9(15)7-1-2-8(12-11-7)13-3-6(4-13)5-14/h1-2,6,14H,3-5H2,(H2,10,15). The summed E-state index contributed by atoms with van der Waals surface area (Å²) in [7, 11) is 0. The summed E-state index contributed by atoms with van der Waals surface area (Å²) in [4.78, 5) is 12.7. The summed E-state index contributed by atoms with van der Waals surface area (Å²) < 4.78 is 0. The molecule has 0 unspecified atom stereocenters. The second-order valence-corrected chi connectivity index (χ2v) is 3.59. The minimum Gasteiger partial charge on any atom is -0.396 e. The van der Waals surface area contributed by atoms with Crippen molar-refractivity contribution >= 4 is 11.7 Å². The first kappa shape index (κ1) is 9.85. The molecular formula is C9H12N4O2. The van der Waals surface area contributed by atoms with E-state index in [4.69, 9.17) is 10.8 Å². The lowest BCUT2D eigenvalue weighted by molar-refractivity contribution is 0.0994. The van der Waals surface area contributed by atoms with Gasteiger partial charge in [-0.1, -0.05) is 0 Å². The van der Waals surface area contributed by atoms with Gasteiger partial charge in [-0.3, -0.25) is 4.79 Å². The highest BCUT2D eigenvalue weighted by Gasteiger charge is 2.27. The SMILES string of the molecule is NC(=O)c1ccc(N2CC(CO)C2)nn1. The van der Waals surface area contributed by atoms with E-state index in [-0.39, 0.29) is 12.3 Å². The van der Waals surface area contributed by atoms with Crippen LogP contribution >= 0.6 is 0 Å². The lowest BCUT2D eigenvalue weighted by Crippen LogP contribution is -2.48. The third-order valence-electron chi connectivity index (χ3n) is 2.44. The Bertz CT molecular complexity index is 359. The zero-order chi connectivity index (χ0) is 10.8. The molecule has 0 aromatic carbocycles. The largest absolute Gasteiger partial charge is 0.396 e. The Kier molecular flexibility index (Phi) is 2.51. The number of amides is 1. The first-order chi connectivity index (χ1) is 7.20. The van der Waals surface area contributed by atoms with Gasteiger partial charge in [0.1, 0.15) is 0 Å². The number of hydrogen-bond acceptors (Lipinski definition) is 5. The van der Waals surface area contributed by atoms with Crippen LogP contribution in [0, 0.1) is 5.92 Å². The smallest absolute Gasteiger partial charge is 0.269 e. The van der Waals surface area contributed by atoms with E-state index in [2.05, 4.69) is 10.2 Å². The van der Waals surface area contributed by atoms with Crippen LogP contribution in [0.1, 0.15) is 10.5 Å². The summed E-state index contributed by atoms with van der Waals surface area (Å²) >= 11 is 0. The highest BCUT2D eigenvalue weighted by molar-refractivity contribution is 5.90. The molecule has 0 spiro atoms. The fourth-order valence-electron chi connectivity index (χ4n) is 1.50. The van der Waals surface area contributed by atoms with Crippen molar-refractivity contribution in [2.45, 2.75) is 0 Å². The second kappa shape index (κ2) is 3.82. The van der Waals surface area contributed by atoms with E-state index < -0.39 is 5.91 Å². The van der Waals surface area contributed by atoms with E-state index in [0.29, 0.717) is 11.7 Å². The number of anilines is 1. The Morgan fingerprint density at radius 2 is 2.27 bits per heavy atom. The van der Waals surface area contributed by atoms with Crippen LogP contribution in [0.25, 0.3) is 0 Å². The minimum absolute atomic E-state index is 0.165. The molecule has 1 fully saturated rings. The molecule has 6 nitrogen and oxygen atoms in total. The maximum Gasteiger partial charge on any atom is 0.269 e. The molecule has 1 aromatic heterocycles. The number of carbonyl (C=O) groups is 1. The van der Waals surface area contributed by atoms with E-state index in [1.165, 1.54) is 0 Å². The summed E-state index contributed by atoms with van der Waals surface area (Å²) in [6.45, 7) is 1.76. The van der Waals surface area contributed by atoms with Crippen molar-refractivity contribution in [3.63, 3.8) is 0 Å². The van der Waals surface area contributed by atoms with Crippen molar-refractivity contribution in [2.75, 3.05) is 24.6 Å². The highest BCUT2D eigenvalue weighted by Crippen LogP contribution is 2.21. The number of aliphatic hydroxyl groups is 1. The van der Waals surface area contributed by atoms with Crippen molar-refractivity contribution in [1.82, 2.24) is 10.2 Å². The molecule has 1 saturated heterocycles. The van der Waals surface area contributed by atoms with E-state index in [1.807, 2.05) is 4.90 Å². The molecule has 0 radical (unpaired) electrons. The maximum atomic E-state index is 10.7. The summed E-state index contributed by atoms with van der Waals surface area (Å²) in [5, 5.41) is 16.4. The van der Waals surface area contributed by atoms with E-state index >= 15 is 0 Å². The monoisotopic (exact) mass is 208 g/mol. The van der Waals surface area contributed by atoms with Crippen LogP contribution in [0.15, 0.2) is 12.1 Å². The number of nitrogens with two attached hydrogens (primary N) is 1. The molecule has 3 N–H and O–H groups in total. The molecule has 1 aliphatic heterocycles. The van der Waals surface area contributed by atoms with Crippen molar-refractivity contribution < 1.29 is 9.90 Å². The van der Waals surface area contributed by atoms with Gasteiger partial charge in [-0.05, 0) is 12.1 Å². The van der Waals surface area contributed by atoms with E-state index in [1.54, 1.807) is 12.1 Å². The number of rotatable bonds is 3. The van der Waals surface area contributed by atoms with Crippen LogP contribution in [0.4, 0.5) is 5.82 Å². The average Bonchev–Trinajstić information content (AvgIpc) is 2.17. The molecule has 0 bridgehead atoms.